The highest BCUT2D eigenvalue weighted by atomic mass is 32.2. The number of hydrogen-bond acceptors (Lipinski definition) is 28. The van der Waals surface area contributed by atoms with Crippen molar-refractivity contribution in [2.75, 3.05) is 44.8 Å². The molecular formula is C91H144N24O25S. The number of carboxylic acids is 2. The van der Waals surface area contributed by atoms with Crippen LogP contribution in [0.15, 0.2) is 67.1 Å². The first kappa shape index (κ1) is 122. The molecule has 32 N–H and O–H groups in total. The Morgan fingerprint density at radius 3 is 1.18 bits per heavy atom. The lowest BCUT2D eigenvalue weighted by atomic mass is 9.97. The number of unbranched alkanes of at least 4 members (excludes halogenated alkanes) is 2. The lowest BCUT2D eigenvalue weighted by Crippen LogP contribution is -2.62. The summed E-state index contributed by atoms with van der Waals surface area (Å²) in [7, 11) is 0. The van der Waals surface area contributed by atoms with E-state index < -0.39 is 309 Å². The maximum absolute atomic E-state index is 15.0. The number of nitrogens with one attached hydrogen (secondary N) is 18. The molecule has 0 aliphatic carbocycles. The fraction of sp³-hybridized carbons (Fsp3) is 0.604. The molecule has 0 bridgehead atoms. The molecular weight excluding hydrogens is 1860 g/mol. The number of carboxylic acid groups (broad SMARTS) is 2. The Morgan fingerprint density at radius 1 is 0.383 bits per heavy atom. The molecule has 141 heavy (non-hydrogen) atoms. The third kappa shape index (κ3) is 46.0. The standard InChI is InChI=1S/C91H144N24O25S/c1-46(2)34-60(81(130)101-51(11)76(125)113-74(49(7)8)90(139)115-75(50(9)10)91(140)114-73(48(5)6)89(138)99-42-70(120)98-43-72(123)124)105-87(136)66(40-71(121)122)111-79(128)58(23-17-19-32-93)103-85(134)64(38-54-41-97-45-100-54)109-88(137)67(44-116)112-82(131)61(35-47(3)4)106-83(132)63(37-53-24-26-55(117)27-25-53)108-86(135)65(39-69(96)119)110-84(133)62(36-52-20-14-13-15-21-52)107-80(129)59(28-29-68(95)118)104-78(127)57(22-16-18-31-92)102-77(126)56(94)30-33-141-12/h13-15,20-21,24-27,41,45-51,56-67,73-75,116-117H,16-19,22-23,28-40,42-44,92-94H2,1-12H3,(H2,95,118)(H2,96,119)(H,97,100)(H,98,120)(H,99,138)(H,101,130)(H,102,126)(H,103,134)(H,104,127)(H,105,136)(H,106,132)(H,107,129)(H,108,135)(H,109,137)(H,110,133)(H,111,128)(H,112,131)(H,113,125)(H,114,140)(H,115,139)(H,121,122)(H,123,124). The highest BCUT2D eigenvalue weighted by molar-refractivity contribution is 7.98. The molecule has 2 aromatic carbocycles. The maximum Gasteiger partial charge on any atom is 0.322 e. The second-order valence-corrected chi connectivity index (χ2v) is 37.0. The first-order valence-corrected chi connectivity index (χ1v) is 48.0. The van der Waals surface area contributed by atoms with Crippen molar-refractivity contribution in [3.63, 3.8) is 0 Å². The van der Waals surface area contributed by atoms with Gasteiger partial charge in [0.25, 0.3) is 0 Å². The van der Waals surface area contributed by atoms with E-state index in [2.05, 4.69) is 100 Å². The Labute approximate surface area is 821 Å². The number of thioether (sulfide) groups is 1. The van der Waals surface area contributed by atoms with Crippen molar-refractivity contribution < 1.29 is 121 Å². The van der Waals surface area contributed by atoms with Crippen molar-refractivity contribution in [2.24, 2.45) is 58.3 Å². The summed E-state index contributed by atoms with van der Waals surface area (Å²) in [6.07, 6.45) is 0.989. The second-order valence-electron chi connectivity index (χ2n) is 36.0. The molecule has 0 aliphatic rings. The van der Waals surface area contributed by atoms with Crippen LogP contribution in [0.3, 0.4) is 0 Å². The molecule has 0 fully saturated rings. The number of nitrogens with two attached hydrogens (primary N) is 5. The average Bonchev–Trinajstić information content (AvgIpc) is 1.26. The third-order valence-electron chi connectivity index (χ3n) is 21.9. The molecule has 0 spiro atoms. The number of hydrogen-bond donors (Lipinski definition) is 27. The van der Waals surface area contributed by atoms with Gasteiger partial charge >= 0.3 is 11.9 Å². The minimum absolute atomic E-state index is 0.0449. The van der Waals surface area contributed by atoms with Gasteiger partial charge < -0.3 is 144 Å². The van der Waals surface area contributed by atoms with E-state index in [1.165, 1.54) is 55.5 Å². The summed E-state index contributed by atoms with van der Waals surface area (Å²) in [5, 5.41) is 82.3. The van der Waals surface area contributed by atoms with Gasteiger partial charge in [0.05, 0.1) is 44.1 Å². The van der Waals surface area contributed by atoms with Crippen molar-refractivity contribution in [3.8, 4) is 5.75 Å². The summed E-state index contributed by atoms with van der Waals surface area (Å²) >= 11 is 1.44. The van der Waals surface area contributed by atoms with Gasteiger partial charge in [0.1, 0.15) is 103 Å². The smallest absolute Gasteiger partial charge is 0.322 e. The largest absolute Gasteiger partial charge is 0.508 e. The van der Waals surface area contributed by atoms with Crippen LogP contribution in [0.4, 0.5) is 0 Å². The molecule has 3 aromatic rings. The summed E-state index contributed by atoms with van der Waals surface area (Å²) < 4.78 is 0. The fourth-order valence-electron chi connectivity index (χ4n) is 14.1. The zero-order chi connectivity index (χ0) is 106. The van der Waals surface area contributed by atoms with E-state index in [9.17, 15) is 116 Å². The van der Waals surface area contributed by atoms with Crippen LogP contribution in [0, 0.1) is 29.6 Å². The number of aromatic hydroxyl groups is 1. The van der Waals surface area contributed by atoms with E-state index in [0.29, 0.717) is 24.2 Å². The number of carbonyl (C=O) groups is 21. The van der Waals surface area contributed by atoms with Crippen LogP contribution in [-0.2, 0) is 120 Å². The van der Waals surface area contributed by atoms with Crippen LogP contribution in [0.2, 0.25) is 0 Å². The SMILES string of the molecule is CSCCC(N)C(=O)NC(CCCCN)C(=O)NC(CCC(N)=O)C(=O)NC(Cc1ccccc1)C(=O)NC(CC(N)=O)C(=O)NC(Cc1ccc(O)cc1)C(=O)NC(CC(C)C)C(=O)NC(CO)C(=O)NC(Cc1c[nH]cn1)C(=O)NC(CCCCN)C(=O)NC(CC(=O)O)C(=O)NC(CC(C)C)C(=O)NC(C)C(=O)NC(C(=O)NC(C(=O)NC(C(=O)NCC(=O)NCC(=O)O)C(C)C)C(C)C)C(C)C. The number of aliphatic hydroxyl groups is 1. The van der Waals surface area contributed by atoms with E-state index in [-0.39, 0.29) is 81.5 Å². The molecule has 0 saturated heterocycles. The number of rotatable bonds is 67. The molecule has 1 heterocycles. The molecule has 19 amide bonds. The van der Waals surface area contributed by atoms with Crippen molar-refractivity contribution in [1.82, 2.24) is 100 Å². The van der Waals surface area contributed by atoms with Gasteiger partial charge in [-0.15, -0.1) is 0 Å². The van der Waals surface area contributed by atoms with E-state index >= 15 is 0 Å². The molecule has 49 nitrogen and oxygen atoms in total. The van der Waals surface area contributed by atoms with Gasteiger partial charge in [0, 0.05) is 31.9 Å². The van der Waals surface area contributed by atoms with Crippen LogP contribution in [0.5, 0.6) is 5.75 Å². The molecule has 16 atom stereocenters. The Bertz CT molecular complexity index is 4670. The van der Waals surface area contributed by atoms with Crippen molar-refractivity contribution in [3.05, 3.63) is 83.9 Å². The second kappa shape index (κ2) is 63.2. The topological polar surface area (TPSA) is 803 Å². The van der Waals surface area contributed by atoms with E-state index in [1.54, 1.807) is 99.6 Å². The van der Waals surface area contributed by atoms with Crippen molar-refractivity contribution in [1.29, 1.82) is 0 Å². The molecule has 784 valence electrons. The van der Waals surface area contributed by atoms with Gasteiger partial charge in [0.2, 0.25) is 112 Å². The molecule has 50 heteroatoms. The number of primary amides is 2. The van der Waals surface area contributed by atoms with Crippen molar-refractivity contribution in [2.45, 2.75) is 276 Å². The number of carbonyl (C=O) groups excluding carboxylic acids is 19. The molecule has 0 aliphatic heterocycles. The van der Waals surface area contributed by atoms with Gasteiger partial charge in [-0.2, -0.15) is 11.8 Å². The zero-order valence-corrected chi connectivity index (χ0v) is 82.5. The number of phenolic OH excluding ortho intramolecular Hbond substituents is 1. The summed E-state index contributed by atoms with van der Waals surface area (Å²) in [5.74, 6) is -24.6. The summed E-state index contributed by atoms with van der Waals surface area (Å²) in [5.41, 5.74) is 29.7. The van der Waals surface area contributed by atoms with Gasteiger partial charge in [-0.05, 0) is 149 Å². The predicted molar refractivity (Wildman–Crippen MR) is 514 cm³/mol. The quantitative estimate of drug-likeness (QED) is 0.0234. The first-order chi connectivity index (χ1) is 66.4. The van der Waals surface area contributed by atoms with E-state index in [4.69, 9.17) is 33.8 Å². The number of aromatic nitrogens is 2. The van der Waals surface area contributed by atoms with Gasteiger partial charge in [0.15, 0.2) is 0 Å². The number of aromatic amines is 1. The minimum Gasteiger partial charge on any atom is -0.508 e. The first-order valence-electron chi connectivity index (χ1n) is 46.6. The molecule has 0 radical (unpaired) electrons. The Balaban J connectivity index is 1.97. The van der Waals surface area contributed by atoms with Gasteiger partial charge in [-0.25, -0.2) is 4.98 Å². The number of nitrogens with zero attached hydrogens (tertiary/aromatic N) is 1. The average molecular weight is 2010 g/mol. The van der Waals surface area contributed by atoms with Gasteiger partial charge in [-0.3, -0.25) is 101 Å². The third-order valence-corrected chi connectivity index (χ3v) is 22.5. The van der Waals surface area contributed by atoms with Gasteiger partial charge in [-0.1, -0.05) is 112 Å². The number of imidazole rings is 1. The number of aliphatic carboxylic acids is 2. The highest BCUT2D eigenvalue weighted by Crippen LogP contribution is 2.19. The minimum atomic E-state index is -2.00. The Kier molecular flexibility index (Phi) is 54.6. The van der Waals surface area contributed by atoms with Crippen LogP contribution in [0.1, 0.15) is 176 Å². The monoisotopic (exact) mass is 2010 g/mol. The maximum atomic E-state index is 15.0. The lowest BCUT2D eigenvalue weighted by Gasteiger charge is -2.30. The predicted octanol–water partition coefficient (Wildman–Crippen LogP) is -6.24. The highest BCUT2D eigenvalue weighted by Gasteiger charge is 2.41. The normalized spacial score (nSPS) is 14.6. The van der Waals surface area contributed by atoms with Crippen LogP contribution >= 0.6 is 11.8 Å². The zero-order valence-electron chi connectivity index (χ0n) is 81.6. The summed E-state index contributed by atoms with van der Waals surface area (Å²) in [6, 6.07) is -11.9. The van der Waals surface area contributed by atoms with Crippen LogP contribution < -0.4 is 119 Å². The van der Waals surface area contributed by atoms with E-state index in [0.717, 1.165) is 0 Å². The molecule has 0 saturated carbocycles. The Hall–Kier alpha value is -13.5. The molecule has 16 unspecified atom stereocenters. The summed E-state index contributed by atoms with van der Waals surface area (Å²) in [4.78, 5) is 296. The van der Waals surface area contributed by atoms with Crippen LogP contribution in [-0.4, -0.2) is 296 Å². The van der Waals surface area contributed by atoms with E-state index in [1.807, 2.05) is 6.26 Å². The van der Waals surface area contributed by atoms with Crippen LogP contribution in [0.25, 0.3) is 0 Å². The Morgan fingerprint density at radius 2 is 0.766 bits per heavy atom. The number of H-pyrrole nitrogens is 1. The number of benzene rings is 2. The molecule has 1 aromatic heterocycles. The summed E-state index contributed by atoms with van der Waals surface area (Å²) in [6.45, 7) is 15.2. The molecule has 3 rings (SSSR count). The fourth-order valence-corrected chi connectivity index (χ4v) is 14.6. The lowest BCUT2D eigenvalue weighted by molar-refractivity contribution is -0.142. The van der Waals surface area contributed by atoms with Crippen molar-refractivity contribution >= 4 is 136 Å². The number of aliphatic hydroxyl groups excluding tert-OH is 1. The number of amides is 19. The number of phenols is 1.